The molecule has 1 saturated heterocycles. The number of amides is 1. The Morgan fingerprint density at radius 2 is 2.04 bits per heavy atom. The molecule has 2 aliphatic heterocycles. The predicted octanol–water partition coefficient (Wildman–Crippen LogP) is 2.42. The molecule has 0 spiro atoms. The van der Waals surface area contributed by atoms with Crippen molar-refractivity contribution in [2.45, 2.75) is 19.0 Å². The molecule has 0 atom stereocenters. The van der Waals surface area contributed by atoms with Crippen LogP contribution in [0, 0.1) is 5.92 Å². The summed E-state index contributed by atoms with van der Waals surface area (Å²) in [7, 11) is 1.72. The van der Waals surface area contributed by atoms with E-state index in [0.29, 0.717) is 30.3 Å². The minimum atomic E-state index is -4.12. The summed E-state index contributed by atoms with van der Waals surface area (Å²) in [4.78, 5) is 13.9. The molecule has 0 bridgehead atoms. The molecule has 25 heavy (non-hydrogen) atoms. The normalized spacial score (nSPS) is 19.2. The fraction of sp³-hybridized carbons (Fsp3) is 0.438. The maximum absolute atomic E-state index is 12.7. The van der Waals surface area contributed by atoms with Gasteiger partial charge in [0.1, 0.15) is 17.9 Å². The first kappa shape index (κ1) is 17.2. The molecule has 0 saturated carbocycles. The molecule has 1 aromatic rings. The first-order valence-corrected chi connectivity index (χ1v) is 7.92. The van der Waals surface area contributed by atoms with E-state index < -0.39 is 12.1 Å². The van der Waals surface area contributed by atoms with E-state index in [1.807, 2.05) is 4.90 Å². The number of hydrogen-bond donors (Lipinski definition) is 2. The van der Waals surface area contributed by atoms with Gasteiger partial charge in [0.25, 0.3) is 5.91 Å². The largest absolute Gasteiger partial charge is 0.472 e. The molecular formula is C16H19F3N4O2. The van der Waals surface area contributed by atoms with Crippen LogP contribution in [0.4, 0.5) is 13.2 Å². The van der Waals surface area contributed by atoms with Gasteiger partial charge >= 0.3 is 6.18 Å². The van der Waals surface area contributed by atoms with Crippen LogP contribution in [0.5, 0.6) is 0 Å². The van der Waals surface area contributed by atoms with Gasteiger partial charge in [0, 0.05) is 20.1 Å². The van der Waals surface area contributed by atoms with Crippen molar-refractivity contribution in [3.05, 3.63) is 48.0 Å². The number of furan rings is 1. The lowest BCUT2D eigenvalue weighted by atomic mass is 9.96. The van der Waals surface area contributed by atoms with Gasteiger partial charge in [0.2, 0.25) is 0 Å². The maximum atomic E-state index is 12.7. The van der Waals surface area contributed by atoms with Gasteiger partial charge < -0.3 is 14.6 Å². The number of alkyl halides is 3. The highest BCUT2D eigenvalue weighted by molar-refractivity contribution is 5.94. The van der Waals surface area contributed by atoms with Crippen molar-refractivity contribution < 1.29 is 22.4 Å². The molecule has 0 unspecified atom stereocenters. The number of hydrogen-bond acceptors (Lipinski definition) is 5. The maximum Gasteiger partial charge on any atom is 0.391 e. The summed E-state index contributed by atoms with van der Waals surface area (Å²) in [6.45, 7) is 0.669. The lowest BCUT2D eigenvalue weighted by Gasteiger charge is -2.39. The van der Waals surface area contributed by atoms with E-state index in [1.54, 1.807) is 30.3 Å². The van der Waals surface area contributed by atoms with Crippen molar-refractivity contribution in [2.24, 2.45) is 5.92 Å². The Morgan fingerprint density at radius 3 is 2.60 bits per heavy atom. The third-order valence-electron chi connectivity index (χ3n) is 4.37. The molecule has 2 N–H and O–H groups in total. The topological polar surface area (TPSA) is 60.8 Å². The molecule has 1 aromatic heterocycles. The summed E-state index contributed by atoms with van der Waals surface area (Å²) in [5, 5.41) is 4.35. The molecular weight excluding hydrogens is 337 g/mol. The second kappa shape index (κ2) is 6.73. The van der Waals surface area contributed by atoms with Gasteiger partial charge in [-0.2, -0.15) is 13.2 Å². The van der Waals surface area contributed by atoms with Gasteiger partial charge in [0.15, 0.2) is 0 Å². The van der Waals surface area contributed by atoms with Crippen LogP contribution in [-0.2, 0) is 0 Å². The highest BCUT2D eigenvalue weighted by Gasteiger charge is 2.41. The Balaban J connectivity index is 1.61. The van der Waals surface area contributed by atoms with Crippen LogP contribution >= 0.6 is 0 Å². The van der Waals surface area contributed by atoms with E-state index in [-0.39, 0.29) is 18.7 Å². The molecule has 6 nitrogen and oxygen atoms in total. The Bertz CT molecular complexity index is 674. The van der Waals surface area contributed by atoms with E-state index in [0.717, 1.165) is 0 Å². The Labute approximate surface area is 142 Å². The minimum absolute atomic E-state index is 0.0834. The van der Waals surface area contributed by atoms with Crippen LogP contribution in [0.3, 0.4) is 0 Å². The van der Waals surface area contributed by atoms with Crippen LogP contribution in [0.25, 0.3) is 0 Å². The summed E-state index contributed by atoms with van der Waals surface area (Å²) < 4.78 is 43.1. The van der Waals surface area contributed by atoms with Gasteiger partial charge in [-0.25, -0.2) is 0 Å². The molecule has 136 valence electrons. The second-order valence-electron chi connectivity index (χ2n) is 6.04. The van der Waals surface area contributed by atoms with Gasteiger partial charge in [0.05, 0.1) is 17.7 Å². The molecule has 3 rings (SSSR count). The fourth-order valence-corrected chi connectivity index (χ4v) is 2.87. The molecule has 1 fully saturated rings. The molecule has 3 heterocycles. The average Bonchev–Trinajstić information content (AvgIpc) is 3.10. The van der Waals surface area contributed by atoms with E-state index in [4.69, 9.17) is 4.42 Å². The number of carbonyl (C=O) groups is 1. The van der Waals surface area contributed by atoms with Gasteiger partial charge in [-0.15, -0.1) is 0 Å². The zero-order chi connectivity index (χ0) is 18.0. The van der Waals surface area contributed by atoms with Crippen LogP contribution in [-0.4, -0.2) is 42.1 Å². The lowest BCUT2D eigenvalue weighted by molar-refractivity contribution is -0.184. The smallest absolute Gasteiger partial charge is 0.391 e. The third-order valence-corrected chi connectivity index (χ3v) is 4.37. The third kappa shape index (κ3) is 3.92. The minimum Gasteiger partial charge on any atom is -0.472 e. The predicted molar refractivity (Wildman–Crippen MR) is 83.6 cm³/mol. The highest BCUT2D eigenvalue weighted by Crippen LogP contribution is 2.34. The Hall–Kier alpha value is -2.58. The molecule has 0 radical (unpaired) electrons. The second-order valence-corrected chi connectivity index (χ2v) is 6.04. The number of carbonyl (C=O) groups excluding carboxylic acids is 1. The van der Waals surface area contributed by atoms with E-state index in [2.05, 4.69) is 10.7 Å². The van der Waals surface area contributed by atoms with Crippen molar-refractivity contribution in [3.8, 4) is 0 Å². The van der Waals surface area contributed by atoms with Crippen LogP contribution in [0.2, 0.25) is 0 Å². The first-order chi connectivity index (χ1) is 11.8. The van der Waals surface area contributed by atoms with Crippen molar-refractivity contribution in [1.29, 1.82) is 0 Å². The average molecular weight is 356 g/mol. The monoisotopic (exact) mass is 356 g/mol. The molecule has 0 aromatic carbocycles. The van der Waals surface area contributed by atoms with Crippen LogP contribution in [0.15, 0.2) is 46.8 Å². The molecule has 0 aliphatic carbocycles. The number of nitrogens with zero attached hydrogens (tertiary/aromatic N) is 2. The van der Waals surface area contributed by atoms with E-state index >= 15 is 0 Å². The number of piperidine rings is 1. The fourth-order valence-electron chi connectivity index (χ4n) is 2.87. The number of likely N-dealkylation sites (tertiary alicyclic amines) is 1. The number of allylic oxidation sites excluding steroid dienone is 2. The SMILES string of the molecule is CN1NC(N2CCC(C(F)(F)F)CC2)=CC=C1NC(=O)c1ccoc1. The first-order valence-electron chi connectivity index (χ1n) is 7.92. The molecule has 9 heteroatoms. The quantitative estimate of drug-likeness (QED) is 0.871. The van der Waals surface area contributed by atoms with E-state index in [1.165, 1.54) is 12.5 Å². The van der Waals surface area contributed by atoms with Crippen LogP contribution in [0.1, 0.15) is 23.2 Å². The van der Waals surface area contributed by atoms with Crippen molar-refractivity contribution in [3.63, 3.8) is 0 Å². The lowest BCUT2D eigenvalue weighted by Crippen LogP contribution is -2.48. The van der Waals surface area contributed by atoms with Crippen LogP contribution < -0.4 is 10.7 Å². The summed E-state index contributed by atoms with van der Waals surface area (Å²) >= 11 is 0. The standard InChI is InChI=1S/C16H19F3N4O2/c1-22-13(20-15(24)11-6-9-25-10-11)2-3-14(21-22)23-7-4-12(5-8-23)16(17,18)19/h2-3,6,9-10,12,21H,4-5,7-8H2,1H3,(H,20,24). The van der Waals surface area contributed by atoms with Crippen molar-refractivity contribution >= 4 is 5.91 Å². The summed E-state index contributed by atoms with van der Waals surface area (Å²) in [6, 6.07) is 1.55. The van der Waals surface area contributed by atoms with Gasteiger partial charge in [-0.05, 0) is 31.1 Å². The Kier molecular flexibility index (Phi) is 4.65. The zero-order valence-corrected chi connectivity index (χ0v) is 13.6. The summed E-state index contributed by atoms with van der Waals surface area (Å²) in [6.07, 6.45) is 2.26. The number of halogens is 3. The summed E-state index contributed by atoms with van der Waals surface area (Å²) in [5.74, 6) is -0.299. The summed E-state index contributed by atoms with van der Waals surface area (Å²) in [5.41, 5.74) is 3.47. The van der Waals surface area contributed by atoms with E-state index in [9.17, 15) is 18.0 Å². The van der Waals surface area contributed by atoms with Gasteiger partial charge in [-0.3, -0.25) is 15.2 Å². The molecule has 1 amide bonds. The zero-order valence-electron chi connectivity index (χ0n) is 13.6. The van der Waals surface area contributed by atoms with Crippen molar-refractivity contribution in [2.75, 3.05) is 20.1 Å². The number of hydrazine groups is 1. The highest BCUT2D eigenvalue weighted by atomic mass is 19.4. The van der Waals surface area contributed by atoms with Gasteiger partial charge in [-0.1, -0.05) is 0 Å². The Morgan fingerprint density at radius 1 is 1.32 bits per heavy atom. The molecule has 2 aliphatic rings. The number of rotatable bonds is 3. The van der Waals surface area contributed by atoms with Crippen molar-refractivity contribution in [1.82, 2.24) is 20.7 Å². The number of nitrogens with one attached hydrogen (secondary N) is 2.